The molecule has 0 saturated heterocycles. The fourth-order valence-electron chi connectivity index (χ4n) is 2.34. The molecule has 3 aromatic rings. The molecule has 0 radical (unpaired) electrons. The summed E-state index contributed by atoms with van der Waals surface area (Å²) < 4.78 is 19.4. The number of ether oxygens (including phenoxy) is 1. The van der Waals surface area contributed by atoms with Gasteiger partial charge < -0.3 is 10.1 Å². The van der Waals surface area contributed by atoms with Crippen molar-refractivity contribution < 1.29 is 13.9 Å². The van der Waals surface area contributed by atoms with E-state index in [1.807, 2.05) is 36.4 Å². The summed E-state index contributed by atoms with van der Waals surface area (Å²) in [5.74, 6) is -0.486. The highest BCUT2D eigenvalue weighted by Crippen LogP contribution is 2.19. The van der Waals surface area contributed by atoms with Gasteiger partial charge in [0.15, 0.2) is 0 Å². The number of aromatic nitrogens is 1. The lowest BCUT2D eigenvalue weighted by atomic mass is 10.1. The minimum atomic E-state index is -0.644. The number of pyridine rings is 1. The predicted octanol–water partition coefficient (Wildman–Crippen LogP) is 4.38. The minimum Gasteiger partial charge on any atom is -0.489 e. The maximum Gasteiger partial charge on any atom is 0.256 e. The highest BCUT2D eigenvalue weighted by atomic mass is 35.5. The second-order valence-electron chi connectivity index (χ2n) is 5.57. The second-order valence-corrected chi connectivity index (χ2v) is 5.98. The van der Waals surface area contributed by atoms with Gasteiger partial charge in [-0.2, -0.15) is 0 Å². The lowest BCUT2D eigenvalue weighted by Gasteiger charge is -2.09. The van der Waals surface area contributed by atoms with Crippen LogP contribution in [0.5, 0.6) is 5.75 Å². The van der Waals surface area contributed by atoms with Crippen LogP contribution in [0.2, 0.25) is 5.02 Å². The van der Waals surface area contributed by atoms with Gasteiger partial charge in [-0.1, -0.05) is 35.9 Å². The Morgan fingerprint density at radius 2 is 1.88 bits per heavy atom. The summed E-state index contributed by atoms with van der Waals surface area (Å²) in [6, 6.07) is 15.2. The quantitative estimate of drug-likeness (QED) is 0.700. The average molecular weight is 371 g/mol. The Morgan fingerprint density at radius 1 is 1.08 bits per heavy atom. The van der Waals surface area contributed by atoms with Gasteiger partial charge in [0.1, 0.15) is 18.2 Å². The van der Waals surface area contributed by atoms with E-state index in [9.17, 15) is 9.18 Å². The van der Waals surface area contributed by atoms with Crippen LogP contribution in [0.3, 0.4) is 0 Å². The number of rotatable bonds is 6. The Hall–Kier alpha value is -2.92. The van der Waals surface area contributed by atoms with Crippen LogP contribution in [-0.4, -0.2) is 10.9 Å². The molecule has 0 aliphatic heterocycles. The number of nitrogens with zero attached hydrogens (tertiary/aromatic N) is 1. The van der Waals surface area contributed by atoms with Gasteiger partial charge in [0, 0.05) is 24.5 Å². The van der Waals surface area contributed by atoms with E-state index in [1.165, 1.54) is 18.2 Å². The van der Waals surface area contributed by atoms with E-state index in [0.29, 0.717) is 12.4 Å². The Kier molecular flexibility index (Phi) is 5.81. The number of amides is 1. The van der Waals surface area contributed by atoms with Crippen molar-refractivity contribution in [1.82, 2.24) is 10.3 Å². The zero-order valence-electron chi connectivity index (χ0n) is 13.8. The normalized spacial score (nSPS) is 10.4. The molecular formula is C20H16ClFN2O2. The van der Waals surface area contributed by atoms with Crippen LogP contribution in [0, 0.1) is 5.82 Å². The van der Waals surface area contributed by atoms with Gasteiger partial charge in [0.2, 0.25) is 0 Å². The first-order valence-corrected chi connectivity index (χ1v) is 8.34. The summed E-state index contributed by atoms with van der Waals surface area (Å²) >= 11 is 5.89. The van der Waals surface area contributed by atoms with Crippen molar-refractivity contribution in [1.29, 1.82) is 0 Å². The molecule has 0 bridgehead atoms. The Morgan fingerprint density at radius 3 is 2.58 bits per heavy atom. The largest absolute Gasteiger partial charge is 0.489 e. The highest BCUT2D eigenvalue weighted by molar-refractivity contribution is 6.33. The monoisotopic (exact) mass is 370 g/mol. The molecule has 26 heavy (non-hydrogen) atoms. The van der Waals surface area contributed by atoms with E-state index in [1.54, 1.807) is 12.4 Å². The fourth-order valence-corrected chi connectivity index (χ4v) is 2.59. The molecule has 0 aliphatic carbocycles. The number of benzene rings is 2. The van der Waals surface area contributed by atoms with E-state index in [2.05, 4.69) is 10.3 Å². The summed E-state index contributed by atoms with van der Waals surface area (Å²) in [6.07, 6.45) is 3.46. The van der Waals surface area contributed by atoms with Crippen molar-refractivity contribution in [3.63, 3.8) is 0 Å². The number of hydrogen-bond donors (Lipinski definition) is 1. The maximum atomic E-state index is 13.7. The molecule has 0 spiro atoms. The highest BCUT2D eigenvalue weighted by Gasteiger charge is 2.15. The Labute approximate surface area is 155 Å². The van der Waals surface area contributed by atoms with Crippen LogP contribution in [-0.2, 0) is 13.2 Å². The molecular weight excluding hydrogens is 355 g/mol. The van der Waals surface area contributed by atoms with Crippen molar-refractivity contribution in [2.45, 2.75) is 13.2 Å². The topological polar surface area (TPSA) is 51.2 Å². The van der Waals surface area contributed by atoms with E-state index in [0.717, 1.165) is 11.1 Å². The molecule has 0 aliphatic rings. The molecule has 4 nitrogen and oxygen atoms in total. The van der Waals surface area contributed by atoms with Crippen LogP contribution < -0.4 is 10.1 Å². The van der Waals surface area contributed by atoms with Gasteiger partial charge >= 0.3 is 0 Å². The zero-order valence-corrected chi connectivity index (χ0v) is 14.5. The third-order valence-electron chi connectivity index (χ3n) is 3.69. The first kappa shape index (κ1) is 17.9. The van der Waals surface area contributed by atoms with Gasteiger partial charge in [-0.25, -0.2) is 4.39 Å². The maximum absolute atomic E-state index is 13.7. The van der Waals surface area contributed by atoms with Crippen LogP contribution >= 0.6 is 11.6 Å². The number of halogens is 2. The predicted molar refractivity (Wildman–Crippen MR) is 97.6 cm³/mol. The van der Waals surface area contributed by atoms with Crippen LogP contribution in [0.1, 0.15) is 21.5 Å². The average Bonchev–Trinajstić information content (AvgIpc) is 2.66. The lowest BCUT2D eigenvalue weighted by Crippen LogP contribution is -2.24. The molecule has 3 rings (SSSR count). The summed E-state index contributed by atoms with van der Waals surface area (Å²) in [5, 5.41) is 2.75. The number of carbonyl (C=O) groups is 1. The molecule has 2 aromatic carbocycles. The van der Waals surface area contributed by atoms with Gasteiger partial charge in [0.25, 0.3) is 5.91 Å². The molecule has 1 aromatic heterocycles. The van der Waals surface area contributed by atoms with Crippen LogP contribution in [0.4, 0.5) is 4.39 Å². The molecule has 0 atom stereocenters. The number of carbonyl (C=O) groups excluding carboxylic acids is 1. The Balaban J connectivity index is 1.55. The molecule has 0 fully saturated rings. The van der Waals surface area contributed by atoms with E-state index in [4.69, 9.17) is 16.3 Å². The van der Waals surface area contributed by atoms with Crippen LogP contribution in [0.25, 0.3) is 0 Å². The van der Waals surface area contributed by atoms with Crippen LogP contribution in [0.15, 0.2) is 67.0 Å². The van der Waals surface area contributed by atoms with Gasteiger partial charge in [-0.15, -0.1) is 0 Å². The number of hydrogen-bond acceptors (Lipinski definition) is 3. The Bertz CT molecular complexity index is 866. The molecule has 0 saturated carbocycles. The van der Waals surface area contributed by atoms with Gasteiger partial charge in [-0.3, -0.25) is 9.78 Å². The summed E-state index contributed by atoms with van der Waals surface area (Å²) in [5.41, 5.74) is 1.69. The first-order chi connectivity index (χ1) is 12.6. The lowest BCUT2D eigenvalue weighted by molar-refractivity contribution is 0.0947. The third kappa shape index (κ3) is 4.58. The number of nitrogens with one attached hydrogen (secondary N) is 1. The first-order valence-electron chi connectivity index (χ1n) is 7.96. The third-order valence-corrected chi connectivity index (χ3v) is 4.01. The smallest absolute Gasteiger partial charge is 0.256 e. The zero-order chi connectivity index (χ0) is 18.4. The molecule has 1 heterocycles. The molecule has 1 amide bonds. The fraction of sp³-hybridized carbons (Fsp3) is 0.100. The van der Waals surface area contributed by atoms with Crippen molar-refractivity contribution in [3.05, 3.63) is 94.5 Å². The summed E-state index contributed by atoms with van der Waals surface area (Å²) in [7, 11) is 0. The van der Waals surface area contributed by atoms with Crippen molar-refractivity contribution in [2.24, 2.45) is 0 Å². The van der Waals surface area contributed by atoms with Crippen molar-refractivity contribution >= 4 is 17.5 Å². The minimum absolute atomic E-state index is 0.0849. The summed E-state index contributed by atoms with van der Waals surface area (Å²) in [4.78, 5) is 16.2. The summed E-state index contributed by atoms with van der Waals surface area (Å²) in [6.45, 7) is 0.683. The molecule has 132 valence electrons. The molecule has 1 N–H and O–H groups in total. The van der Waals surface area contributed by atoms with E-state index in [-0.39, 0.29) is 17.1 Å². The van der Waals surface area contributed by atoms with Crippen molar-refractivity contribution in [3.8, 4) is 5.75 Å². The standard InChI is InChI=1S/C20H16ClFN2O2/c21-17-4-1-5-18(22)19(17)20(25)24-12-14-6-8-16(9-7-14)26-13-15-3-2-10-23-11-15/h1-11H,12-13H2,(H,24,25). The van der Waals surface area contributed by atoms with Gasteiger partial charge in [0.05, 0.1) is 10.6 Å². The molecule has 6 heteroatoms. The second kappa shape index (κ2) is 8.45. The van der Waals surface area contributed by atoms with E-state index < -0.39 is 11.7 Å². The van der Waals surface area contributed by atoms with Gasteiger partial charge in [-0.05, 0) is 35.9 Å². The SMILES string of the molecule is O=C(NCc1ccc(OCc2cccnc2)cc1)c1c(F)cccc1Cl. The molecule has 0 unspecified atom stereocenters. The van der Waals surface area contributed by atoms with Crippen molar-refractivity contribution in [2.75, 3.05) is 0 Å². The van der Waals surface area contributed by atoms with E-state index >= 15 is 0 Å².